The Bertz CT molecular complexity index is 2180. The highest BCUT2D eigenvalue weighted by Gasteiger charge is 2.35. The van der Waals surface area contributed by atoms with Crippen LogP contribution in [0, 0.1) is 50.4 Å². The lowest BCUT2D eigenvalue weighted by Crippen LogP contribution is -2.12. The quantitative estimate of drug-likeness (QED) is 0.159. The van der Waals surface area contributed by atoms with E-state index in [1.54, 1.807) is 24.3 Å². The number of sulfone groups is 2. The van der Waals surface area contributed by atoms with Gasteiger partial charge in [-0.1, -0.05) is 23.2 Å². The van der Waals surface area contributed by atoms with Crippen LogP contribution in [-0.4, -0.2) is 48.9 Å². The van der Waals surface area contributed by atoms with Gasteiger partial charge in [-0.2, -0.15) is 20.7 Å². The van der Waals surface area contributed by atoms with E-state index in [2.05, 4.69) is 22.3 Å². The van der Waals surface area contributed by atoms with Gasteiger partial charge in [0.2, 0.25) is 0 Å². The van der Waals surface area contributed by atoms with Crippen LogP contribution in [0.4, 0.5) is 0 Å². The van der Waals surface area contributed by atoms with Crippen molar-refractivity contribution in [3.63, 3.8) is 0 Å². The zero-order chi connectivity index (χ0) is 36.7. The Hall–Kier alpha value is -4.08. The van der Waals surface area contributed by atoms with E-state index in [1.165, 1.54) is 9.36 Å². The number of nitriles is 2. The largest absolute Gasteiger partial charge is 0.452 e. The average molecular weight is 760 g/mol. The monoisotopic (exact) mass is 758 g/mol. The van der Waals surface area contributed by atoms with Crippen LogP contribution in [0.1, 0.15) is 82.3 Å². The molecule has 2 aliphatic rings. The van der Waals surface area contributed by atoms with Crippen molar-refractivity contribution in [3.8, 4) is 35.1 Å². The first-order chi connectivity index (χ1) is 23.4. The second kappa shape index (κ2) is 14.3. The maximum atomic E-state index is 11.7. The van der Waals surface area contributed by atoms with Crippen LogP contribution in [0.3, 0.4) is 0 Å². The maximum Gasteiger partial charge on any atom is 0.194 e. The minimum atomic E-state index is -3.28. The van der Waals surface area contributed by atoms with Gasteiger partial charge in [0.15, 0.2) is 41.5 Å². The predicted octanol–water partition coefficient (Wildman–Crippen LogP) is 7.39. The normalized spacial score (nSPS) is 14.4. The van der Waals surface area contributed by atoms with Crippen molar-refractivity contribution in [2.75, 3.05) is 12.5 Å². The molecule has 16 heteroatoms. The van der Waals surface area contributed by atoms with E-state index < -0.39 is 19.7 Å². The average Bonchev–Trinajstić information content (AvgIpc) is 3.92. The van der Waals surface area contributed by atoms with E-state index >= 15 is 0 Å². The van der Waals surface area contributed by atoms with Gasteiger partial charge in [-0.25, -0.2) is 26.2 Å². The Labute approximate surface area is 302 Å². The molecule has 2 aliphatic carbocycles. The molecule has 0 spiro atoms. The lowest BCUT2D eigenvalue weighted by atomic mass is 10.0. The zero-order valence-electron chi connectivity index (χ0n) is 28.4. The summed E-state index contributed by atoms with van der Waals surface area (Å²) in [6, 6.07) is 11.4. The molecule has 0 saturated heterocycles. The molecule has 12 nitrogen and oxygen atoms in total. The van der Waals surface area contributed by atoms with Gasteiger partial charge in [-0.3, -0.25) is 0 Å². The third-order valence-corrected chi connectivity index (χ3v) is 10.1. The van der Waals surface area contributed by atoms with Crippen LogP contribution in [0.15, 0.2) is 24.3 Å². The Balaban J connectivity index is 0.000000194. The number of aromatic nitrogens is 4. The Morgan fingerprint density at radius 2 is 1.14 bits per heavy atom. The van der Waals surface area contributed by atoms with Crippen molar-refractivity contribution in [2.24, 2.45) is 0 Å². The van der Waals surface area contributed by atoms with Gasteiger partial charge >= 0.3 is 0 Å². The first-order valence-corrected chi connectivity index (χ1v) is 20.5. The first kappa shape index (κ1) is 37.2. The molecule has 264 valence electrons. The molecule has 0 atom stereocenters. The Kier molecular flexibility index (Phi) is 10.6. The SMILES string of the molecule is Cc1cc(Oc2c(C3CC3)nn(CS(C)(=O)=O)c2Cl)cc(C)c1C#N.Cc1cc(Oc2c(Cl)nn(CS(C)(=O)=O)c2C2CC2)cc(C)c1C#N. The Morgan fingerprint density at radius 1 is 0.720 bits per heavy atom. The van der Waals surface area contributed by atoms with Crippen molar-refractivity contribution in [3.05, 3.63) is 79.3 Å². The molecule has 0 aliphatic heterocycles. The van der Waals surface area contributed by atoms with Gasteiger partial charge in [0, 0.05) is 24.3 Å². The van der Waals surface area contributed by atoms with Gasteiger partial charge in [0.05, 0.1) is 29.0 Å². The second-order valence-corrected chi connectivity index (χ2v) is 17.9. The molecule has 0 radical (unpaired) electrons. The van der Waals surface area contributed by atoms with E-state index in [1.807, 2.05) is 27.7 Å². The van der Waals surface area contributed by atoms with Crippen molar-refractivity contribution < 1.29 is 26.3 Å². The Morgan fingerprint density at radius 3 is 1.54 bits per heavy atom. The number of rotatable bonds is 10. The summed E-state index contributed by atoms with van der Waals surface area (Å²) in [7, 11) is -6.53. The lowest BCUT2D eigenvalue weighted by Gasteiger charge is -2.11. The van der Waals surface area contributed by atoms with Gasteiger partial charge in [-0.15, -0.1) is 0 Å². The number of aryl methyl sites for hydroxylation is 4. The summed E-state index contributed by atoms with van der Waals surface area (Å²) in [5.41, 5.74) is 5.89. The highest BCUT2D eigenvalue weighted by molar-refractivity contribution is 7.89. The van der Waals surface area contributed by atoms with Crippen molar-refractivity contribution in [1.82, 2.24) is 19.6 Å². The molecule has 0 bridgehead atoms. The highest BCUT2D eigenvalue weighted by Crippen LogP contribution is 2.49. The third-order valence-electron chi connectivity index (χ3n) is 8.10. The lowest BCUT2D eigenvalue weighted by molar-refractivity contribution is 0.472. The fourth-order valence-electron chi connectivity index (χ4n) is 5.62. The molecule has 2 heterocycles. The maximum absolute atomic E-state index is 11.7. The number of hydrogen-bond donors (Lipinski definition) is 0. The molecule has 2 saturated carbocycles. The smallest absolute Gasteiger partial charge is 0.194 e. The molecule has 0 N–H and O–H groups in total. The summed E-state index contributed by atoms with van der Waals surface area (Å²) in [6.07, 6.45) is 6.16. The summed E-state index contributed by atoms with van der Waals surface area (Å²) in [4.78, 5) is 0. The standard InChI is InChI=1S/2C17H18ClN3O3S/c1-10-6-13(7-11(2)14(10)8-19)24-16-15(12-4-5-12)21(20-17(16)18)9-25(3,22)23;1-10-6-13(7-11(2)14(10)8-19)24-16-15(12-4-5-12)20-21(17(16)18)9-25(3,22)23/h2*6-7,12H,4-5,9H2,1-3H3. The van der Waals surface area contributed by atoms with Crippen LogP contribution < -0.4 is 9.47 Å². The molecule has 50 heavy (non-hydrogen) atoms. The topological polar surface area (TPSA) is 170 Å². The minimum Gasteiger partial charge on any atom is -0.452 e. The van der Waals surface area contributed by atoms with Crippen LogP contribution >= 0.6 is 23.2 Å². The van der Waals surface area contributed by atoms with Crippen molar-refractivity contribution >= 4 is 42.9 Å². The van der Waals surface area contributed by atoms with Gasteiger partial charge in [-0.05, 0) is 99.9 Å². The summed E-state index contributed by atoms with van der Waals surface area (Å²) < 4.78 is 61.1. The number of nitrogens with zero attached hydrogens (tertiary/aromatic N) is 6. The summed E-state index contributed by atoms with van der Waals surface area (Å²) in [5.74, 6) is 1.83. The minimum absolute atomic E-state index is 0.144. The van der Waals surface area contributed by atoms with E-state index in [4.69, 9.17) is 32.7 Å². The number of ether oxygens (including phenoxy) is 2. The van der Waals surface area contributed by atoms with Gasteiger partial charge in [0.1, 0.15) is 28.9 Å². The molecule has 0 unspecified atom stereocenters. The number of benzene rings is 2. The molecular weight excluding hydrogens is 723 g/mol. The van der Waals surface area contributed by atoms with E-state index in [0.29, 0.717) is 39.8 Å². The molecule has 2 aromatic carbocycles. The van der Waals surface area contributed by atoms with Crippen molar-refractivity contribution in [1.29, 1.82) is 10.5 Å². The molecule has 2 fully saturated rings. The predicted molar refractivity (Wildman–Crippen MR) is 190 cm³/mol. The van der Waals surface area contributed by atoms with Crippen LogP contribution in [0.25, 0.3) is 0 Å². The molecule has 4 aromatic rings. The molecule has 6 rings (SSSR count). The van der Waals surface area contributed by atoms with Gasteiger partial charge < -0.3 is 9.47 Å². The number of halogens is 2. The van der Waals surface area contributed by atoms with Crippen molar-refractivity contribution in [2.45, 2.75) is 77.0 Å². The summed E-state index contributed by atoms with van der Waals surface area (Å²) in [6.45, 7) is 7.37. The van der Waals surface area contributed by atoms with E-state index in [9.17, 15) is 27.4 Å². The molecule has 2 aromatic heterocycles. The van der Waals surface area contributed by atoms with Crippen LogP contribution in [-0.2, 0) is 31.4 Å². The summed E-state index contributed by atoms with van der Waals surface area (Å²) >= 11 is 12.6. The fraction of sp³-hybridized carbons (Fsp3) is 0.412. The zero-order valence-corrected chi connectivity index (χ0v) is 31.6. The first-order valence-electron chi connectivity index (χ1n) is 15.6. The third kappa shape index (κ3) is 8.79. The van der Waals surface area contributed by atoms with Crippen LogP contribution in [0.5, 0.6) is 23.0 Å². The number of hydrogen-bond acceptors (Lipinski definition) is 10. The fourth-order valence-corrected chi connectivity index (χ4v) is 7.42. The molecule has 0 amide bonds. The van der Waals surface area contributed by atoms with E-state index in [0.717, 1.165) is 66.1 Å². The summed E-state index contributed by atoms with van der Waals surface area (Å²) in [5, 5.41) is 27.2. The second-order valence-electron chi connectivity index (χ2n) is 13.0. The molecular formula is C34H36Cl2N6O6S2. The van der Waals surface area contributed by atoms with Crippen LogP contribution in [0.2, 0.25) is 10.3 Å². The van der Waals surface area contributed by atoms with E-state index in [-0.39, 0.29) is 33.9 Å². The highest BCUT2D eigenvalue weighted by atomic mass is 35.5. The van der Waals surface area contributed by atoms with Gasteiger partial charge in [0.25, 0.3) is 0 Å².